The largest absolute Gasteiger partial charge is 0.338 e. The predicted octanol–water partition coefficient (Wildman–Crippen LogP) is 4.54. The maximum atomic E-state index is 12.8. The third kappa shape index (κ3) is 4.00. The third-order valence-electron chi connectivity index (χ3n) is 5.05. The molecule has 0 saturated carbocycles. The molecule has 0 aliphatic heterocycles. The zero-order valence-electron chi connectivity index (χ0n) is 15.6. The van der Waals surface area contributed by atoms with E-state index in [1.165, 1.54) is 33.8 Å². The van der Waals surface area contributed by atoms with Gasteiger partial charge in [-0.15, -0.1) is 22.7 Å². The highest BCUT2D eigenvalue weighted by Crippen LogP contribution is 2.33. The maximum Gasteiger partial charge on any atom is 0.267 e. The van der Waals surface area contributed by atoms with E-state index in [0.717, 1.165) is 19.3 Å². The molecular weight excluding hydrogens is 390 g/mol. The Kier molecular flexibility index (Phi) is 5.54. The number of likely N-dealkylation sites (N-methyl/N-ethyl adjacent to an activating group) is 1. The fourth-order valence-corrected chi connectivity index (χ4v) is 4.92. The van der Waals surface area contributed by atoms with Crippen LogP contribution in [-0.2, 0) is 17.6 Å². The number of benzene rings is 1. The number of aromatic nitrogens is 1. The summed E-state index contributed by atoms with van der Waals surface area (Å²) in [6.07, 6.45) is 3.39. The van der Waals surface area contributed by atoms with Gasteiger partial charge in [-0.3, -0.25) is 14.9 Å². The van der Waals surface area contributed by atoms with Gasteiger partial charge >= 0.3 is 0 Å². The zero-order chi connectivity index (χ0) is 19.5. The number of thiazole rings is 1. The molecule has 3 aromatic rings. The van der Waals surface area contributed by atoms with Gasteiger partial charge in [0.2, 0.25) is 5.91 Å². The molecule has 2 amide bonds. The number of aryl methyl sites for hydroxylation is 1. The summed E-state index contributed by atoms with van der Waals surface area (Å²) in [4.78, 5) is 31.9. The fourth-order valence-electron chi connectivity index (χ4n) is 3.60. The van der Waals surface area contributed by atoms with Gasteiger partial charge in [0.1, 0.15) is 0 Å². The van der Waals surface area contributed by atoms with E-state index in [1.807, 2.05) is 34.8 Å². The molecule has 1 atom stereocenters. The van der Waals surface area contributed by atoms with Crippen molar-refractivity contribution in [1.29, 1.82) is 0 Å². The van der Waals surface area contributed by atoms with Crippen molar-refractivity contribution in [1.82, 2.24) is 9.88 Å². The van der Waals surface area contributed by atoms with Crippen LogP contribution in [-0.4, -0.2) is 28.7 Å². The normalized spacial score (nSPS) is 15.7. The molecule has 1 unspecified atom stereocenters. The van der Waals surface area contributed by atoms with Crippen molar-refractivity contribution in [3.8, 4) is 0 Å². The Morgan fingerprint density at radius 2 is 2.07 bits per heavy atom. The smallest absolute Gasteiger partial charge is 0.267 e. The molecule has 2 heterocycles. The van der Waals surface area contributed by atoms with Gasteiger partial charge in [-0.05, 0) is 41.8 Å². The Balaban J connectivity index is 1.40. The lowest BCUT2D eigenvalue weighted by Gasteiger charge is -2.33. The lowest BCUT2D eigenvalue weighted by atomic mass is 9.87. The van der Waals surface area contributed by atoms with E-state index in [0.29, 0.717) is 15.7 Å². The number of hydrogen-bond donors (Lipinski definition) is 1. The van der Waals surface area contributed by atoms with Crippen LogP contribution in [0.3, 0.4) is 0 Å². The van der Waals surface area contributed by atoms with Crippen molar-refractivity contribution in [2.24, 2.45) is 0 Å². The van der Waals surface area contributed by atoms with Gasteiger partial charge in [-0.2, -0.15) is 0 Å². The number of fused-ring (bicyclic) bond motifs is 1. The molecule has 0 saturated heterocycles. The molecule has 1 N–H and O–H groups in total. The summed E-state index contributed by atoms with van der Waals surface area (Å²) in [5.74, 6) is -0.124. The molecule has 0 fully saturated rings. The number of carbonyl (C=O) groups excluding carboxylic acids is 2. The zero-order valence-corrected chi connectivity index (χ0v) is 17.2. The number of anilines is 1. The Bertz CT molecular complexity index is 981. The summed E-state index contributed by atoms with van der Waals surface area (Å²) in [5.41, 5.74) is 3.28. The lowest BCUT2D eigenvalue weighted by Crippen LogP contribution is -2.34. The second-order valence-electron chi connectivity index (χ2n) is 6.86. The fraction of sp³-hybridized carbons (Fsp3) is 0.286. The first-order valence-corrected chi connectivity index (χ1v) is 11.0. The highest BCUT2D eigenvalue weighted by Gasteiger charge is 2.26. The van der Waals surface area contributed by atoms with E-state index in [1.54, 1.807) is 6.07 Å². The standard InChI is InChI=1S/C21H21N3O2S2/c1-24(17-9-4-7-14-6-2-3-8-16(14)17)19(25)12-15-13-28-21(22-15)23-20(26)18-10-5-11-27-18/h2-3,5-6,8,10-11,13,17H,4,7,9,12H2,1H3,(H,22,23,26). The van der Waals surface area contributed by atoms with Crippen LogP contribution in [0, 0.1) is 0 Å². The average molecular weight is 412 g/mol. The first kappa shape index (κ1) is 18.8. The number of thiophene rings is 1. The molecule has 0 spiro atoms. The molecule has 4 rings (SSSR count). The lowest BCUT2D eigenvalue weighted by molar-refractivity contribution is -0.131. The molecule has 1 aliphatic rings. The summed E-state index contributed by atoms with van der Waals surface area (Å²) in [6.45, 7) is 0. The minimum absolute atomic E-state index is 0.0446. The monoisotopic (exact) mass is 411 g/mol. The van der Waals surface area contributed by atoms with E-state index in [-0.39, 0.29) is 24.3 Å². The predicted molar refractivity (Wildman–Crippen MR) is 113 cm³/mol. The molecule has 1 aromatic carbocycles. The second-order valence-corrected chi connectivity index (χ2v) is 8.67. The molecule has 7 heteroatoms. The number of rotatable bonds is 5. The van der Waals surface area contributed by atoms with E-state index in [9.17, 15) is 9.59 Å². The first-order chi connectivity index (χ1) is 13.6. The molecule has 0 bridgehead atoms. The highest BCUT2D eigenvalue weighted by atomic mass is 32.1. The van der Waals surface area contributed by atoms with Crippen LogP contribution >= 0.6 is 22.7 Å². The Morgan fingerprint density at radius 3 is 2.89 bits per heavy atom. The van der Waals surface area contributed by atoms with Crippen molar-refractivity contribution in [3.63, 3.8) is 0 Å². The third-order valence-corrected chi connectivity index (χ3v) is 6.72. The summed E-state index contributed by atoms with van der Waals surface area (Å²) in [6, 6.07) is 12.1. The van der Waals surface area contributed by atoms with E-state index in [2.05, 4.69) is 28.5 Å². The first-order valence-electron chi connectivity index (χ1n) is 9.24. The van der Waals surface area contributed by atoms with Gasteiger partial charge in [0, 0.05) is 12.4 Å². The number of carbonyl (C=O) groups is 2. The van der Waals surface area contributed by atoms with Gasteiger partial charge in [0.05, 0.1) is 23.0 Å². The van der Waals surface area contributed by atoms with Gasteiger partial charge < -0.3 is 4.90 Å². The van der Waals surface area contributed by atoms with Crippen molar-refractivity contribution in [2.75, 3.05) is 12.4 Å². The number of nitrogens with zero attached hydrogens (tertiary/aromatic N) is 2. The minimum Gasteiger partial charge on any atom is -0.338 e. The van der Waals surface area contributed by atoms with Crippen LogP contribution < -0.4 is 5.32 Å². The van der Waals surface area contributed by atoms with Crippen LogP contribution in [0.4, 0.5) is 5.13 Å². The molecule has 5 nitrogen and oxygen atoms in total. The number of nitrogens with one attached hydrogen (secondary N) is 1. The van der Waals surface area contributed by atoms with Crippen molar-refractivity contribution >= 4 is 39.6 Å². The quantitative estimate of drug-likeness (QED) is 0.671. The van der Waals surface area contributed by atoms with Crippen LogP contribution in [0.1, 0.15) is 45.4 Å². The topological polar surface area (TPSA) is 62.3 Å². The minimum atomic E-state index is -0.168. The number of amides is 2. The summed E-state index contributed by atoms with van der Waals surface area (Å²) >= 11 is 2.73. The Labute approximate surface area is 172 Å². The van der Waals surface area contributed by atoms with Gasteiger partial charge in [0.15, 0.2) is 5.13 Å². The molecule has 144 valence electrons. The molecular formula is C21H21N3O2S2. The molecule has 28 heavy (non-hydrogen) atoms. The van der Waals surface area contributed by atoms with Crippen LogP contribution in [0.2, 0.25) is 0 Å². The molecule has 1 aliphatic carbocycles. The van der Waals surface area contributed by atoms with Gasteiger partial charge in [-0.25, -0.2) is 4.98 Å². The summed E-state index contributed by atoms with van der Waals surface area (Å²) < 4.78 is 0. The van der Waals surface area contributed by atoms with Crippen LogP contribution in [0.15, 0.2) is 47.2 Å². The van der Waals surface area contributed by atoms with Gasteiger partial charge in [-0.1, -0.05) is 30.3 Å². The van der Waals surface area contributed by atoms with E-state index >= 15 is 0 Å². The highest BCUT2D eigenvalue weighted by molar-refractivity contribution is 7.14. The average Bonchev–Trinajstić information content (AvgIpc) is 3.39. The Morgan fingerprint density at radius 1 is 1.21 bits per heavy atom. The number of hydrogen-bond acceptors (Lipinski definition) is 5. The summed E-state index contributed by atoms with van der Waals surface area (Å²) in [5, 5.41) is 7.02. The van der Waals surface area contributed by atoms with Crippen LogP contribution in [0.5, 0.6) is 0 Å². The summed E-state index contributed by atoms with van der Waals surface area (Å²) in [7, 11) is 1.88. The molecule has 0 radical (unpaired) electrons. The van der Waals surface area contributed by atoms with E-state index in [4.69, 9.17) is 0 Å². The second kappa shape index (κ2) is 8.24. The van der Waals surface area contributed by atoms with Crippen molar-refractivity contribution < 1.29 is 9.59 Å². The molecule has 2 aromatic heterocycles. The SMILES string of the molecule is CN(C(=O)Cc1csc(NC(=O)c2cccs2)n1)C1CCCc2ccccc21. The van der Waals surface area contributed by atoms with Crippen LogP contribution in [0.25, 0.3) is 0 Å². The Hall–Kier alpha value is -2.51. The van der Waals surface area contributed by atoms with Gasteiger partial charge in [0.25, 0.3) is 5.91 Å². The van der Waals surface area contributed by atoms with Crippen molar-refractivity contribution in [3.05, 3.63) is 68.9 Å². The van der Waals surface area contributed by atoms with Crippen molar-refractivity contribution in [2.45, 2.75) is 31.7 Å². The maximum absolute atomic E-state index is 12.8. The van der Waals surface area contributed by atoms with E-state index < -0.39 is 0 Å².